The molecule has 1 aliphatic rings. The second-order valence-corrected chi connectivity index (χ2v) is 5.23. The molecule has 104 valence electrons. The summed E-state index contributed by atoms with van der Waals surface area (Å²) >= 11 is 0. The summed E-state index contributed by atoms with van der Waals surface area (Å²) in [5.74, 6) is -0.994. The number of aromatic carboxylic acids is 1. The van der Waals surface area contributed by atoms with Gasteiger partial charge in [-0.2, -0.15) is 0 Å². The van der Waals surface area contributed by atoms with E-state index in [1.165, 1.54) is 0 Å². The standard InChI is InChI=1S/C18H14O3/c1-11-6-7-15-13(8-11)10-14(17(15)19)9-12-4-2-3-5-16(12)18(20)21/h2-9H,10H2,1H3,(H,20,21)/b14-9+. The molecule has 2 aromatic rings. The van der Waals surface area contributed by atoms with Gasteiger partial charge in [-0.3, -0.25) is 4.79 Å². The Morgan fingerprint density at radius 1 is 1.19 bits per heavy atom. The number of Topliss-reactive ketones (excluding diaryl/α,β-unsaturated/α-hetero) is 1. The van der Waals surface area contributed by atoms with E-state index in [0.29, 0.717) is 17.6 Å². The normalized spacial score (nSPS) is 15.3. The predicted octanol–water partition coefficient (Wildman–Crippen LogP) is 3.52. The Morgan fingerprint density at radius 2 is 1.95 bits per heavy atom. The molecule has 0 heterocycles. The van der Waals surface area contributed by atoms with Crippen molar-refractivity contribution >= 4 is 17.8 Å². The SMILES string of the molecule is Cc1ccc2c(c1)C/C(=C\c1ccccc1C(=O)O)C2=O. The van der Waals surface area contributed by atoms with E-state index in [0.717, 1.165) is 16.7 Å². The second kappa shape index (κ2) is 5.02. The van der Waals surface area contributed by atoms with Crippen molar-refractivity contribution in [2.45, 2.75) is 13.3 Å². The minimum Gasteiger partial charge on any atom is -0.478 e. The lowest BCUT2D eigenvalue weighted by atomic mass is 10.0. The minimum absolute atomic E-state index is 0.00908. The molecular weight excluding hydrogens is 264 g/mol. The molecule has 3 heteroatoms. The van der Waals surface area contributed by atoms with Gasteiger partial charge in [0, 0.05) is 17.6 Å². The van der Waals surface area contributed by atoms with Gasteiger partial charge < -0.3 is 5.11 Å². The van der Waals surface area contributed by atoms with Crippen molar-refractivity contribution in [3.8, 4) is 0 Å². The molecule has 0 aliphatic heterocycles. The minimum atomic E-state index is -0.985. The number of fused-ring (bicyclic) bond motifs is 1. The number of ketones is 1. The van der Waals surface area contributed by atoms with Gasteiger partial charge in [-0.1, -0.05) is 42.0 Å². The lowest BCUT2D eigenvalue weighted by Gasteiger charge is -2.01. The summed E-state index contributed by atoms with van der Waals surface area (Å²) < 4.78 is 0. The monoisotopic (exact) mass is 278 g/mol. The van der Waals surface area contributed by atoms with Gasteiger partial charge in [0.15, 0.2) is 5.78 Å². The van der Waals surface area contributed by atoms with Gasteiger partial charge in [-0.25, -0.2) is 4.79 Å². The van der Waals surface area contributed by atoms with Gasteiger partial charge in [0.2, 0.25) is 0 Å². The first-order chi connectivity index (χ1) is 10.1. The number of carboxylic acid groups (broad SMARTS) is 1. The van der Waals surface area contributed by atoms with E-state index in [4.69, 9.17) is 0 Å². The van der Waals surface area contributed by atoms with Gasteiger partial charge >= 0.3 is 5.97 Å². The zero-order valence-corrected chi connectivity index (χ0v) is 11.6. The van der Waals surface area contributed by atoms with E-state index < -0.39 is 5.97 Å². The molecule has 3 nitrogen and oxygen atoms in total. The van der Waals surface area contributed by atoms with Crippen LogP contribution in [0.1, 0.15) is 37.4 Å². The Labute approximate surface area is 122 Å². The Balaban J connectivity index is 2.04. The van der Waals surface area contributed by atoms with Crippen LogP contribution in [-0.2, 0) is 6.42 Å². The molecule has 0 atom stereocenters. The number of rotatable bonds is 2. The third kappa shape index (κ3) is 2.38. The van der Waals surface area contributed by atoms with E-state index in [1.807, 2.05) is 25.1 Å². The van der Waals surface area contributed by atoms with Crippen LogP contribution in [0.15, 0.2) is 48.0 Å². The van der Waals surface area contributed by atoms with Crippen molar-refractivity contribution in [3.63, 3.8) is 0 Å². The smallest absolute Gasteiger partial charge is 0.336 e. The predicted molar refractivity (Wildman–Crippen MR) is 80.6 cm³/mol. The van der Waals surface area contributed by atoms with Crippen molar-refractivity contribution in [2.24, 2.45) is 0 Å². The van der Waals surface area contributed by atoms with Crippen LogP contribution >= 0.6 is 0 Å². The maximum Gasteiger partial charge on any atom is 0.336 e. The lowest BCUT2D eigenvalue weighted by Crippen LogP contribution is -2.01. The van der Waals surface area contributed by atoms with Crippen molar-refractivity contribution in [2.75, 3.05) is 0 Å². The largest absolute Gasteiger partial charge is 0.478 e. The van der Waals surface area contributed by atoms with E-state index in [2.05, 4.69) is 0 Å². The highest BCUT2D eigenvalue weighted by atomic mass is 16.4. The topological polar surface area (TPSA) is 54.4 Å². The molecule has 2 aromatic carbocycles. The molecule has 0 spiro atoms. The highest BCUT2D eigenvalue weighted by Gasteiger charge is 2.25. The molecule has 0 fully saturated rings. The maximum absolute atomic E-state index is 12.4. The van der Waals surface area contributed by atoms with Crippen LogP contribution in [0.4, 0.5) is 0 Å². The molecule has 0 radical (unpaired) electrons. The number of hydrogen-bond donors (Lipinski definition) is 1. The van der Waals surface area contributed by atoms with Crippen LogP contribution in [0, 0.1) is 6.92 Å². The summed E-state index contributed by atoms with van der Waals surface area (Å²) in [7, 11) is 0. The molecule has 0 amide bonds. The van der Waals surface area contributed by atoms with Gasteiger partial charge in [-0.15, -0.1) is 0 Å². The molecule has 1 N–H and O–H groups in total. The Hall–Kier alpha value is -2.68. The molecule has 1 aliphatic carbocycles. The third-order valence-electron chi connectivity index (χ3n) is 3.70. The van der Waals surface area contributed by atoms with Crippen LogP contribution in [0.5, 0.6) is 0 Å². The summed E-state index contributed by atoms with van der Waals surface area (Å²) in [4.78, 5) is 23.6. The highest BCUT2D eigenvalue weighted by molar-refractivity contribution is 6.16. The summed E-state index contributed by atoms with van der Waals surface area (Å²) in [6.45, 7) is 1.99. The van der Waals surface area contributed by atoms with Gasteiger partial charge in [-0.05, 0) is 30.2 Å². The average molecular weight is 278 g/mol. The number of carboxylic acids is 1. The number of hydrogen-bond acceptors (Lipinski definition) is 2. The Morgan fingerprint density at radius 3 is 2.71 bits per heavy atom. The summed E-state index contributed by atoms with van der Waals surface area (Å²) in [5, 5.41) is 9.20. The second-order valence-electron chi connectivity index (χ2n) is 5.23. The first kappa shape index (κ1) is 13.3. The number of carbonyl (C=O) groups excluding carboxylic acids is 1. The van der Waals surface area contributed by atoms with Crippen LogP contribution in [0.25, 0.3) is 6.08 Å². The molecule has 0 aromatic heterocycles. The Kier molecular flexibility index (Phi) is 3.18. The van der Waals surface area contributed by atoms with E-state index in [9.17, 15) is 14.7 Å². The first-order valence-corrected chi connectivity index (χ1v) is 6.73. The average Bonchev–Trinajstić information content (AvgIpc) is 2.75. The number of carbonyl (C=O) groups is 2. The van der Waals surface area contributed by atoms with Crippen LogP contribution in [0.2, 0.25) is 0 Å². The maximum atomic E-state index is 12.4. The summed E-state index contributed by atoms with van der Waals surface area (Å²) in [6, 6.07) is 12.5. The van der Waals surface area contributed by atoms with Gasteiger partial charge in [0.05, 0.1) is 5.56 Å². The molecular formula is C18H14O3. The number of allylic oxidation sites excluding steroid dienone is 1. The van der Waals surface area contributed by atoms with Crippen molar-refractivity contribution in [1.82, 2.24) is 0 Å². The molecule has 0 saturated carbocycles. The zero-order chi connectivity index (χ0) is 15.0. The zero-order valence-electron chi connectivity index (χ0n) is 11.6. The fourth-order valence-corrected chi connectivity index (χ4v) is 2.67. The number of benzene rings is 2. The lowest BCUT2D eigenvalue weighted by molar-refractivity contribution is 0.0696. The van der Waals surface area contributed by atoms with Crippen LogP contribution in [0.3, 0.4) is 0 Å². The van der Waals surface area contributed by atoms with Crippen molar-refractivity contribution in [1.29, 1.82) is 0 Å². The van der Waals surface area contributed by atoms with E-state index in [1.54, 1.807) is 30.3 Å². The Bertz CT molecular complexity index is 785. The fourth-order valence-electron chi connectivity index (χ4n) is 2.67. The third-order valence-corrected chi connectivity index (χ3v) is 3.70. The quantitative estimate of drug-likeness (QED) is 0.855. The van der Waals surface area contributed by atoms with E-state index >= 15 is 0 Å². The van der Waals surface area contributed by atoms with Gasteiger partial charge in [0.25, 0.3) is 0 Å². The van der Waals surface area contributed by atoms with Crippen molar-refractivity contribution < 1.29 is 14.7 Å². The summed E-state index contributed by atoms with van der Waals surface area (Å²) in [6.07, 6.45) is 2.25. The molecule has 0 saturated heterocycles. The highest BCUT2D eigenvalue weighted by Crippen LogP contribution is 2.29. The van der Waals surface area contributed by atoms with Crippen LogP contribution < -0.4 is 0 Å². The molecule has 0 unspecified atom stereocenters. The van der Waals surface area contributed by atoms with Gasteiger partial charge in [0.1, 0.15) is 0 Å². The van der Waals surface area contributed by atoms with Crippen LogP contribution in [-0.4, -0.2) is 16.9 Å². The molecule has 21 heavy (non-hydrogen) atoms. The number of aryl methyl sites for hydroxylation is 1. The van der Waals surface area contributed by atoms with E-state index in [-0.39, 0.29) is 11.3 Å². The summed E-state index contributed by atoms with van der Waals surface area (Å²) in [5.41, 5.74) is 4.28. The fraction of sp³-hybridized carbons (Fsp3) is 0.111. The van der Waals surface area contributed by atoms with Crippen molar-refractivity contribution in [3.05, 3.63) is 75.9 Å². The molecule has 0 bridgehead atoms. The molecule has 3 rings (SSSR count). The first-order valence-electron chi connectivity index (χ1n) is 6.73.